The molecule has 2 aliphatic rings. The van der Waals surface area contributed by atoms with E-state index in [2.05, 4.69) is 0 Å². The van der Waals surface area contributed by atoms with E-state index in [0.717, 1.165) is 32.1 Å². The van der Waals surface area contributed by atoms with E-state index in [4.69, 9.17) is 21.1 Å². The quantitative estimate of drug-likeness (QED) is 0.462. The molecule has 0 fully saturated rings. The lowest BCUT2D eigenvalue weighted by atomic mass is 10.0. The highest BCUT2D eigenvalue weighted by Crippen LogP contribution is 2.48. The third-order valence-corrected chi connectivity index (χ3v) is 4.44. The van der Waals surface area contributed by atoms with Gasteiger partial charge >= 0.3 is 6.18 Å². The average Bonchev–Trinajstić information content (AvgIpc) is 3.12. The SMILES string of the molecule is FC(F)(F)C1=C/C(=C/CCCCCCCl)c2cc3c(cc21)OCO3. The molecule has 0 spiro atoms. The fraction of sp³-hybridized carbons (Fsp3) is 0.444. The predicted octanol–water partition coefficient (Wildman–Crippen LogP) is 5.95. The van der Waals surface area contributed by atoms with Crippen LogP contribution in [-0.4, -0.2) is 18.8 Å². The Bertz CT molecular complexity index is 678. The third kappa shape index (κ3) is 3.56. The van der Waals surface area contributed by atoms with Gasteiger partial charge in [-0.15, -0.1) is 11.6 Å². The number of unbranched alkanes of at least 4 members (excludes halogenated alkanes) is 4. The summed E-state index contributed by atoms with van der Waals surface area (Å²) in [5.74, 6) is 1.52. The lowest BCUT2D eigenvalue weighted by Crippen LogP contribution is -2.09. The molecule has 0 unspecified atom stereocenters. The summed E-state index contributed by atoms with van der Waals surface area (Å²) < 4.78 is 50.4. The van der Waals surface area contributed by atoms with Crippen LogP contribution in [0.15, 0.2) is 24.3 Å². The van der Waals surface area contributed by atoms with E-state index in [0.29, 0.717) is 28.5 Å². The first-order valence-corrected chi connectivity index (χ1v) is 8.53. The van der Waals surface area contributed by atoms with Gasteiger partial charge in [0.05, 0.1) is 5.57 Å². The maximum Gasteiger partial charge on any atom is 0.417 e. The molecule has 130 valence electrons. The molecule has 1 aliphatic heterocycles. The van der Waals surface area contributed by atoms with Gasteiger partial charge in [-0.1, -0.05) is 18.9 Å². The van der Waals surface area contributed by atoms with Crippen LogP contribution in [0.1, 0.15) is 43.2 Å². The second kappa shape index (κ2) is 7.09. The maximum absolute atomic E-state index is 13.3. The second-order valence-corrected chi connectivity index (χ2v) is 6.24. The van der Waals surface area contributed by atoms with Crippen LogP contribution in [0.4, 0.5) is 13.2 Å². The Labute approximate surface area is 143 Å². The standard InChI is InChI=1S/C18H18ClF3O2/c19-7-5-3-1-2-4-6-12-8-15(18(20,21)22)14-10-17-16(9-13(12)14)23-11-24-17/h6,8-10H,1-5,7,11H2/b12-6-. The van der Waals surface area contributed by atoms with Crippen molar-refractivity contribution < 1.29 is 22.6 Å². The van der Waals surface area contributed by atoms with Crippen LogP contribution in [0.2, 0.25) is 0 Å². The van der Waals surface area contributed by atoms with Crippen molar-refractivity contribution >= 4 is 22.7 Å². The summed E-state index contributed by atoms with van der Waals surface area (Å²) in [5.41, 5.74) is 0.713. The summed E-state index contributed by atoms with van der Waals surface area (Å²) in [5, 5.41) is 0. The van der Waals surface area contributed by atoms with Crippen molar-refractivity contribution in [2.45, 2.75) is 38.3 Å². The molecule has 1 heterocycles. The maximum atomic E-state index is 13.3. The van der Waals surface area contributed by atoms with E-state index in [9.17, 15) is 13.2 Å². The average molecular weight is 359 g/mol. The van der Waals surface area contributed by atoms with Crippen LogP contribution in [0, 0.1) is 0 Å². The molecule has 0 bridgehead atoms. The smallest absolute Gasteiger partial charge is 0.417 e. The Morgan fingerprint density at radius 2 is 1.67 bits per heavy atom. The number of hydrogen-bond acceptors (Lipinski definition) is 2. The lowest BCUT2D eigenvalue weighted by Gasteiger charge is -2.10. The number of benzene rings is 1. The Morgan fingerprint density at radius 1 is 1.00 bits per heavy atom. The minimum Gasteiger partial charge on any atom is -0.454 e. The molecule has 0 amide bonds. The van der Waals surface area contributed by atoms with Crippen molar-refractivity contribution in [2.24, 2.45) is 0 Å². The molecule has 3 rings (SSSR count). The highest BCUT2D eigenvalue weighted by atomic mass is 35.5. The summed E-state index contributed by atoms with van der Waals surface area (Å²) in [6.07, 6.45) is 3.44. The number of rotatable bonds is 6. The van der Waals surface area contributed by atoms with Gasteiger partial charge in [0.25, 0.3) is 0 Å². The monoisotopic (exact) mass is 358 g/mol. The van der Waals surface area contributed by atoms with E-state index < -0.39 is 11.7 Å². The summed E-state index contributed by atoms with van der Waals surface area (Å²) >= 11 is 5.63. The molecule has 1 aromatic rings. The predicted molar refractivity (Wildman–Crippen MR) is 88.4 cm³/mol. The van der Waals surface area contributed by atoms with E-state index in [-0.39, 0.29) is 12.4 Å². The number of fused-ring (bicyclic) bond motifs is 2. The van der Waals surface area contributed by atoms with Gasteiger partial charge in [0.2, 0.25) is 6.79 Å². The molecular weight excluding hydrogens is 341 g/mol. The molecule has 0 N–H and O–H groups in total. The molecule has 0 aromatic heterocycles. The zero-order valence-corrected chi connectivity index (χ0v) is 13.8. The van der Waals surface area contributed by atoms with Gasteiger partial charge in [-0.2, -0.15) is 13.2 Å². The lowest BCUT2D eigenvalue weighted by molar-refractivity contribution is -0.0687. The number of allylic oxidation sites excluding steroid dienone is 4. The van der Waals surface area contributed by atoms with E-state index >= 15 is 0 Å². The molecule has 0 saturated heterocycles. The fourth-order valence-electron chi connectivity index (χ4n) is 2.97. The molecule has 2 nitrogen and oxygen atoms in total. The highest BCUT2D eigenvalue weighted by molar-refractivity contribution is 6.17. The van der Waals surface area contributed by atoms with Crippen LogP contribution >= 0.6 is 11.6 Å². The highest BCUT2D eigenvalue weighted by Gasteiger charge is 2.40. The summed E-state index contributed by atoms with van der Waals surface area (Å²) in [6.45, 7) is 0.0446. The Kier molecular flexibility index (Phi) is 5.09. The zero-order valence-electron chi connectivity index (χ0n) is 13.1. The Balaban J connectivity index is 1.82. The van der Waals surface area contributed by atoms with Crippen molar-refractivity contribution in [3.63, 3.8) is 0 Å². The topological polar surface area (TPSA) is 18.5 Å². The molecule has 24 heavy (non-hydrogen) atoms. The van der Waals surface area contributed by atoms with Crippen LogP contribution in [0.3, 0.4) is 0 Å². The normalized spacial score (nSPS) is 17.3. The Hall–Kier alpha value is -1.62. The summed E-state index contributed by atoms with van der Waals surface area (Å²) in [4.78, 5) is 0. The molecule has 0 atom stereocenters. The largest absolute Gasteiger partial charge is 0.454 e. The minimum absolute atomic E-state index is 0.0446. The molecule has 6 heteroatoms. The molecular formula is C18H18ClF3O2. The number of halogens is 4. The van der Waals surface area contributed by atoms with Gasteiger partial charge in [-0.25, -0.2) is 0 Å². The van der Waals surface area contributed by atoms with E-state index in [1.54, 1.807) is 6.07 Å². The van der Waals surface area contributed by atoms with E-state index in [1.807, 2.05) is 6.08 Å². The first kappa shape index (κ1) is 17.2. The van der Waals surface area contributed by atoms with Crippen molar-refractivity contribution in [1.82, 2.24) is 0 Å². The summed E-state index contributed by atoms with van der Waals surface area (Å²) in [7, 11) is 0. The van der Waals surface area contributed by atoms with E-state index in [1.165, 1.54) is 12.1 Å². The van der Waals surface area contributed by atoms with Gasteiger partial charge in [-0.3, -0.25) is 0 Å². The number of ether oxygens (including phenoxy) is 2. The van der Waals surface area contributed by atoms with Crippen molar-refractivity contribution in [1.29, 1.82) is 0 Å². The first-order chi connectivity index (χ1) is 11.5. The Morgan fingerprint density at radius 3 is 2.33 bits per heavy atom. The second-order valence-electron chi connectivity index (χ2n) is 5.86. The van der Waals surface area contributed by atoms with Gasteiger partial charge in [-0.05, 0) is 54.2 Å². The minimum atomic E-state index is -4.39. The van der Waals surface area contributed by atoms with Gasteiger partial charge < -0.3 is 9.47 Å². The number of hydrogen-bond donors (Lipinski definition) is 0. The van der Waals surface area contributed by atoms with Crippen LogP contribution in [0.5, 0.6) is 11.5 Å². The van der Waals surface area contributed by atoms with Crippen LogP contribution in [-0.2, 0) is 0 Å². The summed E-state index contributed by atoms with van der Waals surface area (Å²) in [6, 6.07) is 3.07. The van der Waals surface area contributed by atoms with Crippen molar-refractivity contribution in [2.75, 3.05) is 12.7 Å². The molecule has 0 radical (unpaired) electrons. The number of alkyl halides is 4. The molecule has 1 aromatic carbocycles. The van der Waals surface area contributed by atoms with Gasteiger partial charge in [0.15, 0.2) is 11.5 Å². The fourth-order valence-corrected chi connectivity index (χ4v) is 3.16. The third-order valence-electron chi connectivity index (χ3n) is 4.17. The van der Waals surface area contributed by atoms with Crippen molar-refractivity contribution in [3.8, 4) is 11.5 Å². The molecule has 1 aliphatic carbocycles. The van der Waals surface area contributed by atoms with Gasteiger partial charge in [0, 0.05) is 5.88 Å². The van der Waals surface area contributed by atoms with Gasteiger partial charge in [0.1, 0.15) is 0 Å². The van der Waals surface area contributed by atoms with Crippen LogP contribution < -0.4 is 9.47 Å². The first-order valence-electron chi connectivity index (χ1n) is 8.00. The molecule has 0 saturated carbocycles. The van der Waals surface area contributed by atoms with Crippen LogP contribution in [0.25, 0.3) is 11.1 Å². The van der Waals surface area contributed by atoms with Crippen molar-refractivity contribution in [3.05, 3.63) is 35.4 Å². The zero-order chi connectivity index (χ0) is 17.2.